The van der Waals surface area contributed by atoms with Gasteiger partial charge in [-0.3, -0.25) is 4.98 Å². The van der Waals surface area contributed by atoms with E-state index in [2.05, 4.69) is 4.98 Å². The number of aliphatic hydroxyl groups is 1. The third-order valence-electron chi connectivity index (χ3n) is 1.80. The van der Waals surface area contributed by atoms with E-state index < -0.39 is 12.1 Å². The largest absolute Gasteiger partial charge is 0.387 e. The quantitative estimate of drug-likeness (QED) is 0.641. The Kier molecular flexibility index (Phi) is 3.54. The van der Waals surface area contributed by atoms with Crippen LogP contribution in [0.15, 0.2) is 24.5 Å². The van der Waals surface area contributed by atoms with Crippen LogP contribution in [-0.4, -0.2) is 22.4 Å². The molecular weight excluding hydrogens is 168 g/mol. The van der Waals surface area contributed by atoms with Crippen molar-refractivity contribution in [3.8, 4) is 0 Å². The highest BCUT2D eigenvalue weighted by molar-refractivity contribution is 5.50. The fourth-order valence-electron chi connectivity index (χ4n) is 1.04. The molecule has 0 saturated carbocycles. The molecule has 0 spiro atoms. The maximum absolute atomic E-state index is 10.1. The van der Waals surface area contributed by atoms with E-state index in [0.29, 0.717) is 11.8 Å². The second-order valence-electron chi connectivity index (χ2n) is 2.80. The van der Waals surface area contributed by atoms with Crippen LogP contribution in [0.4, 0.5) is 0 Å². The molecule has 0 aliphatic carbocycles. The number of hydrogen-bond donors (Lipinski definition) is 2. The molecule has 1 rings (SSSR count). The van der Waals surface area contributed by atoms with Crippen molar-refractivity contribution in [3.05, 3.63) is 30.1 Å². The van der Waals surface area contributed by atoms with E-state index in [-0.39, 0.29) is 6.42 Å². The van der Waals surface area contributed by atoms with Crippen molar-refractivity contribution in [1.82, 2.24) is 4.98 Å². The zero-order valence-corrected chi connectivity index (χ0v) is 7.13. The molecule has 0 amide bonds. The van der Waals surface area contributed by atoms with Gasteiger partial charge in [0.1, 0.15) is 6.29 Å². The molecule has 2 unspecified atom stereocenters. The molecule has 0 aliphatic rings. The monoisotopic (exact) mass is 180 g/mol. The number of carbonyl (C=O) groups excluding carboxylic acids is 1. The topological polar surface area (TPSA) is 76.2 Å². The number of aromatic nitrogens is 1. The first-order valence-corrected chi connectivity index (χ1v) is 4.03. The number of aldehydes is 1. The van der Waals surface area contributed by atoms with Crippen LogP contribution in [0.1, 0.15) is 18.1 Å². The number of nitrogens with zero attached hydrogens (tertiary/aromatic N) is 1. The van der Waals surface area contributed by atoms with Gasteiger partial charge >= 0.3 is 0 Å². The van der Waals surface area contributed by atoms with Gasteiger partial charge in [0.2, 0.25) is 0 Å². The predicted molar refractivity (Wildman–Crippen MR) is 47.9 cm³/mol. The Morgan fingerprint density at radius 2 is 2.46 bits per heavy atom. The number of pyridine rings is 1. The standard InChI is InChI=1S/C9H12N2O2/c10-8(3-5-12)9(13)7-2-1-4-11-6-7/h1-2,4-6,8-9,13H,3,10H2. The van der Waals surface area contributed by atoms with Crippen LogP contribution in [0.3, 0.4) is 0 Å². The van der Waals surface area contributed by atoms with Crippen molar-refractivity contribution in [2.24, 2.45) is 5.73 Å². The minimum absolute atomic E-state index is 0.149. The van der Waals surface area contributed by atoms with Crippen molar-refractivity contribution in [3.63, 3.8) is 0 Å². The van der Waals surface area contributed by atoms with Crippen LogP contribution in [0.25, 0.3) is 0 Å². The summed E-state index contributed by atoms with van der Waals surface area (Å²) in [5.41, 5.74) is 6.19. The summed E-state index contributed by atoms with van der Waals surface area (Å²) in [7, 11) is 0. The second kappa shape index (κ2) is 4.69. The highest BCUT2D eigenvalue weighted by Gasteiger charge is 2.15. The molecular formula is C9H12N2O2. The minimum atomic E-state index is -0.820. The van der Waals surface area contributed by atoms with Gasteiger partial charge in [-0.1, -0.05) is 6.07 Å². The Morgan fingerprint density at radius 3 is 3.00 bits per heavy atom. The van der Waals surface area contributed by atoms with Gasteiger partial charge in [-0.2, -0.15) is 0 Å². The van der Waals surface area contributed by atoms with Crippen molar-refractivity contribution < 1.29 is 9.90 Å². The first-order valence-electron chi connectivity index (χ1n) is 4.03. The average Bonchev–Trinajstić information content (AvgIpc) is 2.18. The summed E-state index contributed by atoms with van der Waals surface area (Å²) < 4.78 is 0. The van der Waals surface area contributed by atoms with E-state index in [1.807, 2.05) is 0 Å². The van der Waals surface area contributed by atoms with Crippen LogP contribution < -0.4 is 5.73 Å². The Balaban J connectivity index is 2.67. The van der Waals surface area contributed by atoms with E-state index in [9.17, 15) is 9.90 Å². The van der Waals surface area contributed by atoms with Crippen molar-refractivity contribution in [2.75, 3.05) is 0 Å². The lowest BCUT2D eigenvalue weighted by Crippen LogP contribution is -2.28. The van der Waals surface area contributed by atoms with Gasteiger partial charge in [0.05, 0.1) is 6.10 Å². The fraction of sp³-hybridized carbons (Fsp3) is 0.333. The minimum Gasteiger partial charge on any atom is -0.387 e. The lowest BCUT2D eigenvalue weighted by molar-refractivity contribution is -0.108. The van der Waals surface area contributed by atoms with Gasteiger partial charge in [0.15, 0.2) is 0 Å². The lowest BCUT2D eigenvalue weighted by Gasteiger charge is -2.15. The van der Waals surface area contributed by atoms with Gasteiger partial charge < -0.3 is 15.6 Å². The summed E-state index contributed by atoms with van der Waals surface area (Å²) in [5, 5.41) is 9.60. The summed E-state index contributed by atoms with van der Waals surface area (Å²) in [5.74, 6) is 0. The molecule has 70 valence electrons. The Morgan fingerprint density at radius 1 is 1.69 bits per heavy atom. The number of hydrogen-bond acceptors (Lipinski definition) is 4. The molecule has 1 aromatic heterocycles. The smallest absolute Gasteiger partial charge is 0.121 e. The zero-order chi connectivity index (χ0) is 9.68. The lowest BCUT2D eigenvalue weighted by atomic mass is 10.0. The highest BCUT2D eigenvalue weighted by Crippen LogP contribution is 2.14. The van der Waals surface area contributed by atoms with E-state index in [4.69, 9.17) is 5.73 Å². The molecule has 4 nitrogen and oxygen atoms in total. The fourth-order valence-corrected chi connectivity index (χ4v) is 1.04. The summed E-state index contributed by atoms with van der Waals surface area (Å²) >= 11 is 0. The molecule has 0 bridgehead atoms. The number of aliphatic hydroxyl groups excluding tert-OH is 1. The summed E-state index contributed by atoms with van der Waals surface area (Å²) in [6, 6.07) is 2.89. The molecule has 4 heteroatoms. The van der Waals surface area contributed by atoms with Gasteiger partial charge in [0.25, 0.3) is 0 Å². The Labute approximate surface area is 76.4 Å². The molecule has 0 radical (unpaired) electrons. The summed E-state index contributed by atoms with van der Waals surface area (Å²) in [4.78, 5) is 14.0. The van der Waals surface area contributed by atoms with Gasteiger partial charge in [-0.25, -0.2) is 0 Å². The van der Waals surface area contributed by atoms with Crippen molar-refractivity contribution in [2.45, 2.75) is 18.6 Å². The average molecular weight is 180 g/mol. The molecule has 1 aromatic rings. The van der Waals surface area contributed by atoms with E-state index in [1.165, 1.54) is 6.20 Å². The summed E-state index contributed by atoms with van der Waals surface area (Å²) in [6.07, 6.45) is 3.18. The van der Waals surface area contributed by atoms with Crippen LogP contribution >= 0.6 is 0 Å². The van der Waals surface area contributed by atoms with Gasteiger partial charge in [0, 0.05) is 30.4 Å². The van der Waals surface area contributed by atoms with Crippen LogP contribution in [0, 0.1) is 0 Å². The second-order valence-corrected chi connectivity index (χ2v) is 2.80. The Bertz CT molecular complexity index is 264. The van der Waals surface area contributed by atoms with Crippen LogP contribution in [0.5, 0.6) is 0 Å². The normalized spacial score (nSPS) is 14.9. The summed E-state index contributed by atoms with van der Waals surface area (Å²) in [6.45, 7) is 0. The molecule has 0 aromatic carbocycles. The number of nitrogens with two attached hydrogens (primary N) is 1. The van der Waals surface area contributed by atoms with Crippen LogP contribution in [0.2, 0.25) is 0 Å². The molecule has 0 aliphatic heterocycles. The molecule has 2 atom stereocenters. The van der Waals surface area contributed by atoms with Gasteiger partial charge in [-0.05, 0) is 6.07 Å². The molecule has 0 fully saturated rings. The first-order chi connectivity index (χ1) is 6.25. The van der Waals surface area contributed by atoms with Crippen molar-refractivity contribution >= 4 is 6.29 Å². The van der Waals surface area contributed by atoms with E-state index in [0.717, 1.165) is 0 Å². The maximum atomic E-state index is 10.1. The highest BCUT2D eigenvalue weighted by atomic mass is 16.3. The molecule has 1 heterocycles. The third-order valence-corrected chi connectivity index (χ3v) is 1.80. The van der Waals surface area contributed by atoms with Crippen molar-refractivity contribution in [1.29, 1.82) is 0 Å². The number of rotatable bonds is 4. The molecule has 13 heavy (non-hydrogen) atoms. The number of carbonyl (C=O) groups is 1. The van der Waals surface area contributed by atoms with E-state index >= 15 is 0 Å². The van der Waals surface area contributed by atoms with Crippen LogP contribution in [-0.2, 0) is 4.79 Å². The first kappa shape index (κ1) is 9.83. The maximum Gasteiger partial charge on any atom is 0.121 e. The Hall–Kier alpha value is -1.26. The van der Waals surface area contributed by atoms with Gasteiger partial charge in [-0.15, -0.1) is 0 Å². The third kappa shape index (κ3) is 2.61. The zero-order valence-electron chi connectivity index (χ0n) is 7.13. The molecule has 0 saturated heterocycles. The van der Waals surface area contributed by atoms with E-state index in [1.54, 1.807) is 18.3 Å². The molecule has 3 N–H and O–H groups in total. The SMILES string of the molecule is NC(CC=O)C(O)c1cccnc1. The predicted octanol–water partition coefficient (Wildman–Crippen LogP) is 0.0313.